The maximum absolute atomic E-state index is 12.8. The molecule has 0 aliphatic carbocycles. The zero-order valence-corrected chi connectivity index (χ0v) is 11.3. The first-order chi connectivity index (χ1) is 10.2. The Kier molecular flexibility index (Phi) is 4.16. The Morgan fingerprint density at radius 3 is 2.36 bits per heavy atom. The van der Waals surface area contributed by atoms with Crippen LogP contribution in [0.1, 0.15) is 18.7 Å². The molecule has 0 spiro atoms. The summed E-state index contributed by atoms with van der Waals surface area (Å²) >= 11 is 0. The Labute approximate surface area is 122 Å². The summed E-state index contributed by atoms with van der Waals surface area (Å²) in [6.07, 6.45) is -3.92. The molecule has 1 aromatic carbocycles. The summed E-state index contributed by atoms with van der Waals surface area (Å²) in [5, 5.41) is 10.6. The molecule has 1 heterocycles. The second-order valence-electron chi connectivity index (χ2n) is 4.66. The summed E-state index contributed by atoms with van der Waals surface area (Å²) in [6, 6.07) is 4.03. The van der Waals surface area contributed by atoms with Gasteiger partial charge in [-0.2, -0.15) is 13.2 Å². The number of aromatic nitrogens is 2. The number of nitrogens with zero attached hydrogens (tertiary/aromatic N) is 3. The van der Waals surface area contributed by atoms with Crippen LogP contribution in [-0.4, -0.2) is 21.1 Å². The van der Waals surface area contributed by atoms with Crippen molar-refractivity contribution in [3.63, 3.8) is 0 Å². The van der Waals surface area contributed by atoms with E-state index in [4.69, 9.17) is 0 Å². The molecule has 2 aromatic rings. The van der Waals surface area contributed by atoms with Crippen molar-refractivity contribution in [2.75, 3.05) is 6.67 Å². The monoisotopic (exact) mass is 317 g/mol. The van der Waals surface area contributed by atoms with Crippen LogP contribution < -0.4 is 0 Å². The van der Waals surface area contributed by atoms with Crippen LogP contribution >= 0.6 is 0 Å². The molecule has 5 nitrogen and oxygen atoms in total. The molecule has 1 aromatic heterocycles. The van der Waals surface area contributed by atoms with Crippen molar-refractivity contribution in [3.8, 4) is 11.4 Å². The quantitative estimate of drug-likeness (QED) is 0.486. The Bertz CT molecular complexity index is 680. The molecule has 0 aliphatic rings. The van der Waals surface area contributed by atoms with Gasteiger partial charge in [-0.15, -0.1) is 0 Å². The van der Waals surface area contributed by atoms with E-state index in [1.54, 1.807) is 0 Å². The SMILES string of the molecule is CC(CF)n1cc(C(F)(F)F)nc1-c1ccc([N+](=O)[O-])cc1. The smallest absolute Gasteiger partial charge is 0.325 e. The molecule has 0 N–H and O–H groups in total. The van der Waals surface area contributed by atoms with Crippen LogP contribution in [0.4, 0.5) is 23.2 Å². The van der Waals surface area contributed by atoms with E-state index in [9.17, 15) is 27.7 Å². The maximum Gasteiger partial charge on any atom is 0.434 e. The van der Waals surface area contributed by atoms with Gasteiger partial charge in [0.15, 0.2) is 5.69 Å². The molecule has 1 atom stereocenters. The number of hydrogen-bond donors (Lipinski definition) is 0. The maximum atomic E-state index is 12.8. The molecule has 0 saturated heterocycles. The van der Waals surface area contributed by atoms with Crippen LogP contribution in [0.3, 0.4) is 0 Å². The molecular formula is C13H11F4N3O2. The van der Waals surface area contributed by atoms with E-state index in [1.165, 1.54) is 19.1 Å². The number of non-ortho nitro benzene ring substituents is 1. The van der Waals surface area contributed by atoms with Gasteiger partial charge in [0.1, 0.15) is 12.5 Å². The van der Waals surface area contributed by atoms with Gasteiger partial charge in [-0.05, 0) is 19.1 Å². The highest BCUT2D eigenvalue weighted by Gasteiger charge is 2.35. The minimum Gasteiger partial charge on any atom is -0.325 e. The van der Waals surface area contributed by atoms with E-state index in [0.29, 0.717) is 0 Å². The van der Waals surface area contributed by atoms with Gasteiger partial charge in [0.05, 0.1) is 11.0 Å². The number of hydrogen-bond acceptors (Lipinski definition) is 3. The second-order valence-corrected chi connectivity index (χ2v) is 4.66. The number of rotatable bonds is 4. The van der Waals surface area contributed by atoms with Crippen molar-refractivity contribution in [1.82, 2.24) is 9.55 Å². The normalized spacial score (nSPS) is 13.1. The fourth-order valence-corrected chi connectivity index (χ4v) is 1.89. The number of imidazole rings is 1. The third-order valence-electron chi connectivity index (χ3n) is 3.06. The first-order valence-corrected chi connectivity index (χ1v) is 6.21. The van der Waals surface area contributed by atoms with E-state index >= 15 is 0 Å². The van der Waals surface area contributed by atoms with Crippen LogP contribution in [0.2, 0.25) is 0 Å². The number of nitro groups is 1. The lowest BCUT2D eigenvalue weighted by Gasteiger charge is -2.12. The van der Waals surface area contributed by atoms with E-state index in [2.05, 4.69) is 4.98 Å². The minimum atomic E-state index is -4.66. The number of nitro benzene ring substituents is 1. The van der Waals surface area contributed by atoms with Crippen LogP contribution in [0.5, 0.6) is 0 Å². The first-order valence-electron chi connectivity index (χ1n) is 6.21. The molecule has 0 bridgehead atoms. The lowest BCUT2D eigenvalue weighted by Crippen LogP contribution is -2.08. The van der Waals surface area contributed by atoms with Gasteiger partial charge < -0.3 is 4.57 Å². The lowest BCUT2D eigenvalue weighted by atomic mass is 10.2. The second kappa shape index (κ2) is 5.74. The Morgan fingerprint density at radius 1 is 1.32 bits per heavy atom. The molecule has 118 valence electrons. The fourth-order valence-electron chi connectivity index (χ4n) is 1.89. The minimum absolute atomic E-state index is 0.0904. The van der Waals surface area contributed by atoms with Crippen molar-refractivity contribution < 1.29 is 22.5 Å². The lowest BCUT2D eigenvalue weighted by molar-refractivity contribution is -0.384. The van der Waals surface area contributed by atoms with E-state index in [1.807, 2.05) is 0 Å². The van der Waals surface area contributed by atoms with Gasteiger partial charge >= 0.3 is 6.18 Å². The Balaban J connectivity index is 2.52. The van der Waals surface area contributed by atoms with Gasteiger partial charge in [-0.25, -0.2) is 9.37 Å². The van der Waals surface area contributed by atoms with Gasteiger partial charge in [0.25, 0.3) is 5.69 Å². The summed E-state index contributed by atoms with van der Waals surface area (Å²) in [7, 11) is 0. The number of alkyl halides is 4. The van der Waals surface area contributed by atoms with Crippen LogP contribution in [0.25, 0.3) is 11.4 Å². The third kappa shape index (κ3) is 3.07. The summed E-state index contributed by atoms with van der Waals surface area (Å²) in [6.45, 7) is 0.546. The van der Waals surface area contributed by atoms with Crippen LogP contribution in [-0.2, 0) is 6.18 Å². The highest BCUT2D eigenvalue weighted by molar-refractivity contribution is 5.58. The molecular weight excluding hydrogens is 306 g/mol. The van der Waals surface area contributed by atoms with E-state index in [0.717, 1.165) is 22.9 Å². The zero-order valence-electron chi connectivity index (χ0n) is 11.3. The highest BCUT2D eigenvalue weighted by Crippen LogP contribution is 2.33. The predicted octanol–water partition coefficient (Wildman–Crippen LogP) is 4.01. The molecule has 0 amide bonds. The number of benzene rings is 1. The van der Waals surface area contributed by atoms with Crippen molar-refractivity contribution in [2.45, 2.75) is 19.1 Å². The molecule has 0 fully saturated rings. The molecule has 0 saturated carbocycles. The summed E-state index contributed by atoms with van der Waals surface area (Å²) in [5.74, 6) is -0.0904. The topological polar surface area (TPSA) is 61.0 Å². The molecule has 22 heavy (non-hydrogen) atoms. The Morgan fingerprint density at radius 2 is 1.91 bits per heavy atom. The molecule has 1 unspecified atom stereocenters. The summed E-state index contributed by atoms with van der Waals surface area (Å²) in [5.41, 5.74) is -1.10. The summed E-state index contributed by atoms with van der Waals surface area (Å²) < 4.78 is 52.2. The standard InChI is InChI=1S/C13H11F4N3O2/c1-8(6-14)19-7-11(13(15,16)17)18-12(19)9-2-4-10(5-3-9)20(21)22/h2-5,7-8H,6H2,1H3. The summed E-state index contributed by atoms with van der Waals surface area (Å²) in [4.78, 5) is 13.5. The fraction of sp³-hybridized carbons (Fsp3) is 0.308. The predicted molar refractivity (Wildman–Crippen MR) is 70.0 cm³/mol. The van der Waals surface area contributed by atoms with Crippen molar-refractivity contribution in [1.29, 1.82) is 0 Å². The van der Waals surface area contributed by atoms with E-state index in [-0.39, 0.29) is 17.1 Å². The average molecular weight is 317 g/mol. The van der Waals surface area contributed by atoms with Gasteiger partial charge in [0.2, 0.25) is 0 Å². The number of halogens is 4. The van der Waals surface area contributed by atoms with Crippen LogP contribution in [0.15, 0.2) is 30.5 Å². The molecule has 0 radical (unpaired) electrons. The van der Waals surface area contributed by atoms with Crippen molar-refractivity contribution >= 4 is 5.69 Å². The molecule has 2 rings (SSSR count). The van der Waals surface area contributed by atoms with Gasteiger partial charge in [-0.3, -0.25) is 10.1 Å². The van der Waals surface area contributed by atoms with Gasteiger partial charge in [0, 0.05) is 23.9 Å². The van der Waals surface area contributed by atoms with Crippen molar-refractivity contribution in [2.24, 2.45) is 0 Å². The average Bonchev–Trinajstić information content (AvgIpc) is 2.91. The molecule has 9 heteroatoms. The third-order valence-corrected chi connectivity index (χ3v) is 3.06. The van der Waals surface area contributed by atoms with E-state index < -0.39 is 29.5 Å². The zero-order chi connectivity index (χ0) is 16.5. The Hall–Kier alpha value is -2.45. The largest absolute Gasteiger partial charge is 0.434 e. The molecule has 0 aliphatic heterocycles. The van der Waals surface area contributed by atoms with Crippen LogP contribution in [0, 0.1) is 10.1 Å². The van der Waals surface area contributed by atoms with Crippen molar-refractivity contribution in [3.05, 3.63) is 46.3 Å². The first kappa shape index (κ1) is 15.9. The highest BCUT2D eigenvalue weighted by atomic mass is 19.4. The van der Waals surface area contributed by atoms with Gasteiger partial charge in [-0.1, -0.05) is 0 Å².